The lowest BCUT2D eigenvalue weighted by Crippen LogP contribution is -2.38. The number of amides is 1. The lowest BCUT2D eigenvalue weighted by molar-refractivity contribution is -0.123. The molecular formula is C8H15F2N3O3. The van der Waals surface area contributed by atoms with Gasteiger partial charge in [0.25, 0.3) is 6.43 Å². The van der Waals surface area contributed by atoms with Crippen LogP contribution in [0.15, 0.2) is 5.16 Å². The molecule has 0 heterocycles. The molecule has 4 N–H and O–H groups in total. The van der Waals surface area contributed by atoms with Gasteiger partial charge in [-0.05, 0) is 6.92 Å². The molecule has 0 spiro atoms. The number of hydrogen-bond donors (Lipinski definition) is 3. The molecule has 6 nitrogen and oxygen atoms in total. The number of carbonyl (C=O) groups is 1. The van der Waals surface area contributed by atoms with E-state index in [4.69, 9.17) is 10.9 Å². The van der Waals surface area contributed by atoms with Crippen molar-refractivity contribution in [2.24, 2.45) is 16.8 Å². The summed E-state index contributed by atoms with van der Waals surface area (Å²) < 4.78 is 27.8. The number of nitrogens with two attached hydrogens (primary N) is 1. The summed E-state index contributed by atoms with van der Waals surface area (Å²) in [6.07, 6.45) is -2.52. The van der Waals surface area contributed by atoms with Gasteiger partial charge in [-0.25, -0.2) is 8.78 Å². The van der Waals surface area contributed by atoms with Crippen LogP contribution in [0.5, 0.6) is 0 Å². The maximum atomic E-state index is 11.6. The van der Waals surface area contributed by atoms with E-state index < -0.39 is 24.9 Å². The molecule has 0 radical (unpaired) electrons. The van der Waals surface area contributed by atoms with Crippen LogP contribution in [0, 0.1) is 5.92 Å². The van der Waals surface area contributed by atoms with Gasteiger partial charge in [-0.2, -0.15) is 0 Å². The fraction of sp³-hybridized carbons (Fsp3) is 0.750. The van der Waals surface area contributed by atoms with Gasteiger partial charge in [-0.15, -0.1) is 0 Å². The molecule has 0 aliphatic heterocycles. The highest BCUT2D eigenvalue weighted by Crippen LogP contribution is 1.94. The highest BCUT2D eigenvalue weighted by Gasteiger charge is 2.16. The molecule has 0 saturated heterocycles. The summed E-state index contributed by atoms with van der Waals surface area (Å²) in [4.78, 5) is 11.3. The first kappa shape index (κ1) is 14.6. The minimum Gasteiger partial charge on any atom is -0.409 e. The summed E-state index contributed by atoms with van der Waals surface area (Å²) in [5.41, 5.74) is 5.20. The molecule has 0 aliphatic carbocycles. The third-order valence-electron chi connectivity index (χ3n) is 1.74. The molecule has 0 rings (SSSR count). The normalized spacial score (nSPS) is 13.9. The van der Waals surface area contributed by atoms with Gasteiger partial charge in [0.05, 0.1) is 12.5 Å². The Labute approximate surface area is 91.4 Å². The lowest BCUT2D eigenvalue weighted by atomic mass is 10.1. The van der Waals surface area contributed by atoms with Crippen LogP contribution >= 0.6 is 0 Å². The Morgan fingerprint density at radius 3 is 2.75 bits per heavy atom. The van der Waals surface area contributed by atoms with Crippen LogP contribution in [-0.2, 0) is 9.53 Å². The highest BCUT2D eigenvalue weighted by molar-refractivity contribution is 6.01. The average molecular weight is 239 g/mol. The monoisotopic (exact) mass is 239 g/mol. The number of hydrogen-bond acceptors (Lipinski definition) is 4. The molecule has 1 atom stereocenters. The second-order valence-corrected chi connectivity index (χ2v) is 3.00. The molecule has 1 amide bonds. The third-order valence-corrected chi connectivity index (χ3v) is 1.74. The van der Waals surface area contributed by atoms with Crippen LogP contribution in [0.3, 0.4) is 0 Å². The van der Waals surface area contributed by atoms with Crippen molar-refractivity contribution in [1.82, 2.24) is 5.32 Å². The largest absolute Gasteiger partial charge is 0.409 e. The van der Waals surface area contributed by atoms with Crippen LogP contribution in [-0.4, -0.2) is 43.1 Å². The lowest BCUT2D eigenvalue weighted by Gasteiger charge is -2.10. The van der Waals surface area contributed by atoms with E-state index in [9.17, 15) is 13.6 Å². The molecule has 0 aromatic rings. The Kier molecular flexibility index (Phi) is 7.10. The minimum absolute atomic E-state index is 0.0149. The van der Waals surface area contributed by atoms with Crippen molar-refractivity contribution in [3.8, 4) is 0 Å². The van der Waals surface area contributed by atoms with Crippen LogP contribution in [0.25, 0.3) is 0 Å². The Hall–Kier alpha value is -1.44. The first-order valence-corrected chi connectivity index (χ1v) is 4.60. The fourth-order valence-corrected chi connectivity index (χ4v) is 0.793. The summed E-state index contributed by atoms with van der Waals surface area (Å²) in [5, 5.41) is 13.4. The zero-order valence-corrected chi connectivity index (χ0v) is 8.82. The number of oxime groups is 1. The van der Waals surface area contributed by atoms with Gasteiger partial charge >= 0.3 is 0 Å². The van der Waals surface area contributed by atoms with Crippen LogP contribution < -0.4 is 11.1 Å². The molecule has 0 fully saturated rings. The predicted octanol–water partition coefficient (Wildman–Crippen LogP) is -0.233. The summed E-state index contributed by atoms with van der Waals surface area (Å²) in [6, 6.07) is 0. The number of halogens is 2. The SMILES string of the molecule is CC(C(=O)NCCOCC(F)F)C(N)=NO. The number of carbonyl (C=O) groups excluding carboxylic acids is 1. The van der Waals surface area contributed by atoms with E-state index in [1.54, 1.807) is 0 Å². The summed E-state index contributed by atoms with van der Waals surface area (Å²) in [7, 11) is 0. The number of alkyl halides is 2. The topological polar surface area (TPSA) is 96.9 Å². The zero-order valence-electron chi connectivity index (χ0n) is 8.82. The van der Waals surface area contributed by atoms with Crippen molar-refractivity contribution in [1.29, 1.82) is 0 Å². The fourth-order valence-electron chi connectivity index (χ4n) is 0.793. The molecule has 0 aliphatic rings. The molecule has 8 heteroatoms. The van der Waals surface area contributed by atoms with E-state index in [2.05, 4.69) is 15.2 Å². The van der Waals surface area contributed by atoms with Gasteiger partial charge in [0, 0.05) is 6.54 Å². The van der Waals surface area contributed by atoms with Crippen molar-refractivity contribution in [2.75, 3.05) is 19.8 Å². The van der Waals surface area contributed by atoms with Gasteiger partial charge in [-0.3, -0.25) is 4.79 Å². The maximum absolute atomic E-state index is 11.6. The average Bonchev–Trinajstić information content (AvgIpc) is 2.25. The van der Waals surface area contributed by atoms with Crippen molar-refractivity contribution in [3.63, 3.8) is 0 Å². The van der Waals surface area contributed by atoms with Crippen molar-refractivity contribution in [3.05, 3.63) is 0 Å². The highest BCUT2D eigenvalue weighted by atomic mass is 19.3. The van der Waals surface area contributed by atoms with Crippen LogP contribution in [0.1, 0.15) is 6.92 Å². The molecule has 0 saturated carbocycles. The van der Waals surface area contributed by atoms with Gasteiger partial charge in [0.1, 0.15) is 6.61 Å². The zero-order chi connectivity index (χ0) is 12.6. The number of amidine groups is 1. The first-order chi connectivity index (χ1) is 7.49. The number of rotatable bonds is 7. The molecule has 16 heavy (non-hydrogen) atoms. The molecule has 0 aromatic heterocycles. The Morgan fingerprint density at radius 2 is 2.25 bits per heavy atom. The van der Waals surface area contributed by atoms with E-state index >= 15 is 0 Å². The van der Waals surface area contributed by atoms with Gasteiger partial charge in [0.15, 0.2) is 5.84 Å². The van der Waals surface area contributed by atoms with Gasteiger partial charge in [-0.1, -0.05) is 5.16 Å². The van der Waals surface area contributed by atoms with Gasteiger partial charge in [0.2, 0.25) is 5.91 Å². The van der Waals surface area contributed by atoms with E-state index in [-0.39, 0.29) is 19.0 Å². The van der Waals surface area contributed by atoms with Crippen LogP contribution in [0.4, 0.5) is 8.78 Å². The minimum atomic E-state index is -2.52. The summed E-state index contributed by atoms with van der Waals surface area (Å²) in [5.74, 6) is -1.46. The molecule has 0 aromatic carbocycles. The predicted molar refractivity (Wildman–Crippen MR) is 52.4 cm³/mol. The maximum Gasteiger partial charge on any atom is 0.261 e. The Morgan fingerprint density at radius 1 is 1.62 bits per heavy atom. The number of ether oxygens (including phenoxy) is 1. The molecular weight excluding hydrogens is 224 g/mol. The quantitative estimate of drug-likeness (QED) is 0.188. The second-order valence-electron chi connectivity index (χ2n) is 3.00. The van der Waals surface area contributed by atoms with Crippen molar-refractivity contribution >= 4 is 11.7 Å². The first-order valence-electron chi connectivity index (χ1n) is 4.60. The number of nitrogens with one attached hydrogen (secondary N) is 1. The van der Waals surface area contributed by atoms with Crippen molar-refractivity contribution < 1.29 is 23.5 Å². The van der Waals surface area contributed by atoms with E-state index in [0.29, 0.717) is 0 Å². The second kappa shape index (κ2) is 7.80. The third kappa shape index (κ3) is 6.12. The Bertz CT molecular complexity index is 249. The van der Waals surface area contributed by atoms with Gasteiger partial charge < -0.3 is 21.0 Å². The van der Waals surface area contributed by atoms with E-state index in [0.717, 1.165) is 0 Å². The summed E-state index contributed by atoms with van der Waals surface area (Å²) >= 11 is 0. The van der Waals surface area contributed by atoms with E-state index in [1.165, 1.54) is 6.92 Å². The molecule has 94 valence electrons. The molecule has 1 unspecified atom stereocenters. The number of nitrogens with zero attached hydrogens (tertiary/aromatic N) is 1. The van der Waals surface area contributed by atoms with Crippen molar-refractivity contribution in [2.45, 2.75) is 13.3 Å². The summed E-state index contributed by atoms with van der Waals surface area (Å²) in [6.45, 7) is 0.865. The smallest absolute Gasteiger partial charge is 0.261 e. The van der Waals surface area contributed by atoms with E-state index in [1.807, 2.05) is 0 Å². The molecule has 0 bridgehead atoms. The standard InChI is InChI=1S/C8H15F2N3O3/c1-5(7(11)13-15)8(14)12-2-3-16-4-6(9)10/h5-6,15H,2-4H2,1H3,(H2,11,13)(H,12,14). The Balaban J connectivity index is 3.66. The van der Waals surface area contributed by atoms with Crippen LogP contribution in [0.2, 0.25) is 0 Å².